The summed E-state index contributed by atoms with van der Waals surface area (Å²) in [5, 5.41) is 2.60. The number of β-lactam (4-membered cyclic amide) rings is 1. The molecular weight excluding hydrogens is 250 g/mol. The second kappa shape index (κ2) is 3.93. The summed E-state index contributed by atoms with van der Waals surface area (Å²) in [6, 6.07) is -0.718. The molecule has 0 aliphatic carbocycles. The normalized spacial score (nSPS) is 34.3. The number of carbonyl (C=O) groups excluding carboxylic acids is 3. The minimum Gasteiger partial charge on any atom is -0.443 e. The van der Waals surface area contributed by atoms with Gasteiger partial charge in [-0.15, -0.1) is 0 Å². The molecule has 2 aliphatic rings. The van der Waals surface area contributed by atoms with E-state index in [0.717, 1.165) is 4.90 Å². The number of hydrogen-bond acceptors (Lipinski definition) is 5. The van der Waals surface area contributed by atoms with Gasteiger partial charge in [0.15, 0.2) is 0 Å². The quantitative estimate of drug-likeness (QED) is 0.582. The van der Waals surface area contributed by atoms with Gasteiger partial charge >= 0.3 is 6.09 Å². The zero-order valence-corrected chi connectivity index (χ0v) is 11.5. The third kappa shape index (κ3) is 1.98. The van der Waals surface area contributed by atoms with Gasteiger partial charge < -0.3 is 15.8 Å². The van der Waals surface area contributed by atoms with Crippen molar-refractivity contribution in [2.45, 2.75) is 44.9 Å². The molecule has 3 N–H and O–H groups in total. The lowest BCUT2D eigenvalue weighted by Gasteiger charge is -2.47. The zero-order valence-electron chi connectivity index (χ0n) is 11.5. The molecule has 0 bridgehead atoms. The Morgan fingerprint density at radius 2 is 2.05 bits per heavy atom. The fourth-order valence-electron chi connectivity index (χ4n) is 2.39. The van der Waals surface area contributed by atoms with Crippen LogP contribution in [0.5, 0.6) is 0 Å². The predicted molar refractivity (Wildman–Crippen MR) is 66.0 cm³/mol. The standard InChI is InChI=1S/C12H19N3O4/c1-6-7(13)8(16)14-12(6)5-15(9(12)17)10(18)19-11(2,3)4/h6-7H,5,13H2,1-4H3,(H,14,16)/t6-,7+,12?/m1/s1. The molecule has 0 saturated carbocycles. The third-order valence-electron chi connectivity index (χ3n) is 3.61. The van der Waals surface area contributed by atoms with Crippen LogP contribution in [0.15, 0.2) is 0 Å². The minimum absolute atomic E-state index is 0.112. The Bertz CT molecular complexity index is 456. The maximum absolute atomic E-state index is 12.2. The average Bonchev–Trinajstić information content (AvgIpc) is 2.49. The van der Waals surface area contributed by atoms with E-state index in [-0.39, 0.29) is 18.4 Å². The van der Waals surface area contributed by atoms with Gasteiger partial charge in [0.05, 0.1) is 12.6 Å². The Morgan fingerprint density at radius 1 is 1.47 bits per heavy atom. The van der Waals surface area contributed by atoms with E-state index in [9.17, 15) is 14.4 Å². The minimum atomic E-state index is -1.03. The molecule has 0 aromatic rings. The van der Waals surface area contributed by atoms with Gasteiger partial charge in [-0.1, -0.05) is 6.92 Å². The molecule has 2 aliphatic heterocycles. The first-order chi connectivity index (χ1) is 8.58. The molecule has 3 atom stereocenters. The van der Waals surface area contributed by atoms with Crippen molar-refractivity contribution < 1.29 is 19.1 Å². The highest BCUT2D eigenvalue weighted by Gasteiger charge is 2.64. The van der Waals surface area contributed by atoms with Gasteiger partial charge in [0, 0.05) is 5.92 Å². The van der Waals surface area contributed by atoms with Crippen molar-refractivity contribution in [1.82, 2.24) is 10.2 Å². The molecule has 2 heterocycles. The molecule has 3 amide bonds. The van der Waals surface area contributed by atoms with E-state index in [4.69, 9.17) is 10.5 Å². The molecule has 1 unspecified atom stereocenters. The molecule has 7 heteroatoms. The molecule has 0 aromatic carbocycles. The molecule has 1 spiro atoms. The van der Waals surface area contributed by atoms with Crippen molar-refractivity contribution in [3.8, 4) is 0 Å². The van der Waals surface area contributed by atoms with E-state index < -0.39 is 29.2 Å². The Kier molecular flexibility index (Phi) is 2.85. The van der Waals surface area contributed by atoms with Gasteiger partial charge in [-0.05, 0) is 20.8 Å². The molecule has 19 heavy (non-hydrogen) atoms. The van der Waals surface area contributed by atoms with Crippen molar-refractivity contribution in [2.24, 2.45) is 11.7 Å². The van der Waals surface area contributed by atoms with E-state index in [0.29, 0.717) is 0 Å². The SMILES string of the molecule is C[C@@H]1[C@H](N)C(=O)NC12CN(C(=O)OC(C)(C)C)C2=O. The van der Waals surface area contributed by atoms with Gasteiger partial charge in [-0.2, -0.15) is 0 Å². The molecular formula is C12H19N3O4. The first-order valence-corrected chi connectivity index (χ1v) is 6.21. The molecule has 7 nitrogen and oxygen atoms in total. The smallest absolute Gasteiger partial charge is 0.417 e. The van der Waals surface area contributed by atoms with E-state index in [1.165, 1.54) is 0 Å². The van der Waals surface area contributed by atoms with Crippen LogP contribution in [0.25, 0.3) is 0 Å². The second-order valence-corrected chi connectivity index (χ2v) is 6.15. The first kappa shape index (κ1) is 13.8. The van der Waals surface area contributed by atoms with E-state index in [1.54, 1.807) is 27.7 Å². The summed E-state index contributed by atoms with van der Waals surface area (Å²) in [6.45, 7) is 7.01. The number of amides is 3. The monoisotopic (exact) mass is 269 g/mol. The van der Waals surface area contributed by atoms with Crippen molar-refractivity contribution in [3.05, 3.63) is 0 Å². The van der Waals surface area contributed by atoms with Crippen LogP contribution in [0.1, 0.15) is 27.7 Å². The van der Waals surface area contributed by atoms with Gasteiger partial charge in [0.2, 0.25) is 5.91 Å². The lowest BCUT2D eigenvalue weighted by Crippen LogP contribution is -2.75. The average molecular weight is 269 g/mol. The number of hydrogen-bond donors (Lipinski definition) is 2. The fourth-order valence-corrected chi connectivity index (χ4v) is 2.39. The van der Waals surface area contributed by atoms with E-state index in [2.05, 4.69) is 5.32 Å². The summed E-state index contributed by atoms with van der Waals surface area (Å²) in [5.41, 5.74) is 3.99. The van der Waals surface area contributed by atoms with Crippen molar-refractivity contribution in [1.29, 1.82) is 0 Å². The maximum atomic E-state index is 12.2. The van der Waals surface area contributed by atoms with Gasteiger partial charge in [-0.25, -0.2) is 9.69 Å². The molecule has 2 saturated heterocycles. The van der Waals surface area contributed by atoms with Crippen LogP contribution in [0.2, 0.25) is 0 Å². The lowest BCUT2D eigenvalue weighted by atomic mass is 9.78. The summed E-state index contributed by atoms with van der Waals surface area (Å²) in [4.78, 5) is 36.5. The van der Waals surface area contributed by atoms with Crippen molar-refractivity contribution >= 4 is 17.9 Å². The largest absolute Gasteiger partial charge is 0.443 e. The van der Waals surface area contributed by atoms with Crippen LogP contribution in [0.3, 0.4) is 0 Å². The Balaban J connectivity index is 2.08. The molecule has 0 aromatic heterocycles. The number of rotatable bonds is 0. The second-order valence-electron chi connectivity index (χ2n) is 6.15. The number of imide groups is 1. The number of carbonyl (C=O) groups is 3. The molecule has 2 rings (SSSR count). The van der Waals surface area contributed by atoms with Crippen LogP contribution >= 0.6 is 0 Å². The number of nitrogens with zero attached hydrogens (tertiary/aromatic N) is 1. The number of nitrogens with two attached hydrogens (primary N) is 1. The van der Waals surface area contributed by atoms with E-state index >= 15 is 0 Å². The molecule has 0 radical (unpaired) electrons. The number of ether oxygens (including phenoxy) is 1. The van der Waals surface area contributed by atoms with Crippen molar-refractivity contribution in [2.75, 3.05) is 6.54 Å². The zero-order chi connectivity index (χ0) is 14.6. The van der Waals surface area contributed by atoms with Crippen LogP contribution < -0.4 is 11.1 Å². The Morgan fingerprint density at radius 3 is 2.42 bits per heavy atom. The summed E-state index contributed by atoms with van der Waals surface area (Å²) < 4.78 is 5.13. The summed E-state index contributed by atoms with van der Waals surface area (Å²) in [5.74, 6) is -1.15. The number of likely N-dealkylation sites (tertiary alicyclic amines) is 1. The van der Waals surface area contributed by atoms with Gasteiger partial charge in [0.25, 0.3) is 5.91 Å². The van der Waals surface area contributed by atoms with Crippen LogP contribution in [-0.2, 0) is 14.3 Å². The Labute approximate surface area is 111 Å². The van der Waals surface area contributed by atoms with E-state index in [1.807, 2.05) is 0 Å². The summed E-state index contributed by atoms with van der Waals surface area (Å²) >= 11 is 0. The van der Waals surface area contributed by atoms with Gasteiger partial charge in [-0.3, -0.25) is 9.59 Å². The van der Waals surface area contributed by atoms with Crippen LogP contribution in [-0.4, -0.2) is 46.5 Å². The first-order valence-electron chi connectivity index (χ1n) is 6.21. The number of nitrogens with one attached hydrogen (secondary N) is 1. The Hall–Kier alpha value is -1.63. The third-order valence-corrected chi connectivity index (χ3v) is 3.61. The topological polar surface area (TPSA) is 102 Å². The van der Waals surface area contributed by atoms with Crippen LogP contribution in [0.4, 0.5) is 4.79 Å². The fraction of sp³-hybridized carbons (Fsp3) is 0.750. The lowest BCUT2D eigenvalue weighted by molar-refractivity contribution is -0.153. The summed E-state index contributed by atoms with van der Waals surface area (Å²) in [7, 11) is 0. The highest BCUT2D eigenvalue weighted by molar-refractivity contribution is 6.08. The molecule has 2 fully saturated rings. The maximum Gasteiger partial charge on any atom is 0.417 e. The predicted octanol–water partition coefficient (Wildman–Crippen LogP) is -0.404. The molecule has 106 valence electrons. The van der Waals surface area contributed by atoms with Crippen LogP contribution in [0, 0.1) is 5.92 Å². The highest BCUT2D eigenvalue weighted by Crippen LogP contribution is 2.37. The summed E-state index contributed by atoms with van der Waals surface area (Å²) in [6.07, 6.45) is -0.690. The highest BCUT2D eigenvalue weighted by atomic mass is 16.6. The van der Waals surface area contributed by atoms with Gasteiger partial charge in [0.1, 0.15) is 11.1 Å². The van der Waals surface area contributed by atoms with Crippen molar-refractivity contribution in [3.63, 3.8) is 0 Å².